The molecule has 1 amide bonds. The minimum Gasteiger partial charge on any atom is -0.493 e. The van der Waals surface area contributed by atoms with Crippen LogP contribution in [0.1, 0.15) is 23.2 Å². The van der Waals surface area contributed by atoms with Crippen LogP contribution in [-0.2, 0) is 0 Å². The number of hydrogen-bond acceptors (Lipinski definition) is 5. The fourth-order valence-corrected chi connectivity index (χ4v) is 2.86. The molecule has 0 saturated carbocycles. The standard InChI is InChI=1S/C16H22N2O4.ClH/c1-20-13-8-12(9-14-15(13)22-7-6-21-14)16(19)18-5-3-11-2-4-17-10-11;/h8-9,11,17H,2-7,10H2,1H3,(H,18,19);1H. The number of hydrogen-bond donors (Lipinski definition) is 2. The van der Waals surface area contributed by atoms with Crippen LogP contribution in [0.2, 0.25) is 0 Å². The Hall–Kier alpha value is -1.66. The zero-order valence-corrected chi connectivity index (χ0v) is 14.0. The molecule has 0 radical (unpaired) electrons. The van der Waals surface area contributed by atoms with Gasteiger partial charge in [-0.25, -0.2) is 0 Å². The third-order valence-corrected chi connectivity index (χ3v) is 4.09. The highest BCUT2D eigenvalue weighted by molar-refractivity contribution is 5.95. The van der Waals surface area contributed by atoms with E-state index in [1.807, 2.05) is 0 Å². The normalized spacial score (nSPS) is 18.9. The average Bonchev–Trinajstić information content (AvgIpc) is 3.07. The number of carbonyl (C=O) groups excluding carboxylic acids is 1. The van der Waals surface area contributed by atoms with Crippen LogP contribution in [0.3, 0.4) is 0 Å². The lowest BCUT2D eigenvalue weighted by Crippen LogP contribution is -2.27. The Balaban J connectivity index is 0.00000192. The first-order valence-corrected chi connectivity index (χ1v) is 7.74. The molecular formula is C16H23ClN2O4. The molecule has 1 unspecified atom stereocenters. The zero-order valence-electron chi connectivity index (χ0n) is 13.2. The Morgan fingerprint density at radius 3 is 2.96 bits per heavy atom. The molecule has 1 aromatic rings. The quantitative estimate of drug-likeness (QED) is 0.851. The van der Waals surface area contributed by atoms with E-state index in [9.17, 15) is 4.79 Å². The van der Waals surface area contributed by atoms with E-state index in [0.29, 0.717) is 48.5 Å². The summed E-state index contributed by atoms with van der Waals surface area (Å²) in [6.07, 6.45) is 2.19. The van der Waals surface area contributed by atoms with Crippen molar-refractivity contribution in [3.05, 3.63) is 17.7 Å². The second-order valence-corrected chi connectivity index (χ2v) is 5.61. The molecule has 1 saturated heterocycles. The van der Waals surface area contributed by atoms with Crippen LogP contribution in [0.15, 0.2) is 12.1 Å². The van der Waals surface area contributed by atoms with Crippen molar-refractivity contribution in [3.8, 4) is 17.2 Å². The number of halogens is 1. The SMILES string of the molecule is COc1cc(C(=O)NCCC2CCNC2)cc2c1OCCO2.Cl. The zero-order chi connectivity index (χ0) is 15.4. The molecule has 3 rings (SSSR count). The third kappa shape index (κ3) is 4.20. The summed E-state index contributed by atoms with van der Waals surface area (Å²) < 4.78 is 16.4. The van der Waals surface area contributed by atoms with E-state index in [1.165, 1.54) is 6.42 Å². The van der Waals surface area contributed by atoms with Gasteiger partial charge < -0.3 is 24.8 Å². The van der Waals surface area contributed by atoms with Crippen LogP contribution in [-0.4, -0.2) is 45.9 Å². The molecule has 0 aromatic heterocycles. The largest absolute Gasteiger partial charge is 0.493 e. The van der Waals surface area contributed by atoms with Gasteiger partial charge in [0, 0.05) is 12.1 Å². The number of nitrogens with one attached hydrogen (secondary N) is 2. The lowest BCUT2D eigenvalue weighted by molar-refractivity contribution is 0.0949. The maximum absolute atomic E-state index is 12.3. The Morgan fingerprint density at radius 2 is 2.22 bits per heavy atom. The van der Waals surface area contributed by atoms with Gasteiger partial charge in [-0.3, -0.25) is 4.79 Å². The van der Waals surface area contributed by atoms with Crippen LogP contribution < -0.4 is 24.8 Å². The molecule has 2 heterocycles. The number of fused-ring (bicyclic) bond motifs is 1. The summed E-state index contributed by atoms with van der Waals surface area (Å²) in [4.78, 5) is 12.3. The van der Waals surface area contributed by atoms with Crippen molar-refractivity contribution in [2.45, 2.75) is 12.8 Å². The van der Waals surface area contributed by atoms with Gasteiger partial charge in [0.05, 0.1) is 7.11 Å². The summed E-state index contributed by atoms with van der Waals surface area (Å²) in [5.41, 5.74) is 0.533. The van der Waals surface area contributed by atoms with Gasteiger partial charge in [-0.1, -0.05) is 0 Å². The average molecular weight is 343 g/mol. The van der Waals surface area contributed by atoms with Crippen molar-refractivity contribution in [2.24, 2.45) is 5.92 Å². The van der Waals surface area contributed by atoms with E-state index in [0.717, 1.165) is 19.5 Å². The summed E-state index contributed by atoms with van der Waals surface area (Å²) >= 11 is 0. The molecule has 1 atom stereocenters. The highest BCUT2D eigenvalue weighted by Crippen LogP contribution is 2.40. The fraction of sp³-hybridized carbons (Fsp3) is 0.562. The number of carbonyl (C=O) groups is 1. The minimum atomic E-state index is -0.110. The molecule has 2 N–H and O–H groups in total. The Morgan fingerprint density at radius 1 is 1.39 bits per heavy atom. The van der Waals surface area contributed by atoms with E-state index in [1.54, 1.807) is 19.2 Å². The van der Waals surface area contributed by atoms with Crippen molar-refractivity contribution in [3.63, 3.8) is 0 Å². The summed E-state index contributed by atoms with van der Waals surface area (Å²) in [7, 11) is 1.56. The fourth-order valence-electron chi connectivity index (χ4n) is 2.86. The first kappa shape index (κ1) is 17.7. The van der Waals surface area contributed by atoms with Gasteiger partial charge in [0.1, 0.15) is 13.2 Å². The second-order valence-electron chi connectivity index (χ2n) is 5.61. The first-order chi connectivity index (χ1) is 10.8. The highest BCUT2D eigenvalue weighted by Gasteiger charge is 2.21. The van der Waals surface area contributed by atoms with Gasteiger partial charge in [-0.15, -0.1) is 12.4 Å². The van der Waals surface area contributed by atoms with E-state index < -0.39 is 0 Å². The molecule has 1 aromatic carbocycles. The predicted molar refractivity (Wildman–Crippen MR) is 89.2 cm³/mol. The maximum Gasteiger partial charge on any atom is 0.251 e. The van der Waals surface area contributed by atoms with Crippen LogP contribution in [0, 0.1) is 5.92 Å². The lowest BCUT2D eigenvalue weighted by Gasteiger charge is -2.21. The van der Waals surface area contributed by atoms with Crippen LogP contribution in [0.5, 0.6) is 17.2 Å². The molecule has 2 aliphatic heterocycles. The Bertz CT molecular complexity index is 530. The predicted octanol–water partition coefficient (Wildman–Crippen LogP) is 1.62. The molecule has 2 aliphatic rings. The van der Waals surface area contributed by atoms with Crippen LogP contribution >= 0.6 is 12.4 Å². The molecule has 23 heavy (non-hydrogen) atoms. The monoisotopic (exact) mass is 342 g/mol. The van der Waals surface area contributed by atoms with Crippen molar-refractivity contribution in [1.29, 1.82) is 0 Å². The number of ether oxygens (including phenoxy) is 3. The molecule has 1 fully saturated rings. The lowest BCUT2D eigenvalue weighted by atomic mass is 10.1. The molecule has 0 bridgehead atoms. The van der Waals surface area contributed by atoms with Gasteiger partial charge in [0.15, 0.2) is 11.5 Å². The smallest absolute Gasteiger partial charge is 0.251 e. The third-order valence-electron chi connectivity index (χ3n) is 4.09. The summed E-state index contributed by atoms with van der Waals surface area (Å²) in [5, 5.41) is 6.30. The molecule has 7 heteroatoms. The van der Waals surface area contributed by atoms with Crippen molar-refractivity contribution in [1.82, 2.24) is 10.6 Å². The van der Waals surface area contributed by atoms with E-state index in [2.05, 4.69) is 10.6 Å². The number of methoxy groups -OCH3 is 1. The number of benzene rings is 1. The van der Waals surface area contributed by atoms with E-state index >= 15 is 0 Å². The van der Waals surface area contributed by atoms with E-state index in [-0.39, 0.29) is 18.3 Å². The summed E-state index contributed by atoms with van der Waals surface area (Å²) in [6, 6.07) is 3.41. The second kappa shape index (κ2) is 8.26. The van der Waals surface area contributed by atoms with Crippen molar-refractivity contribution >= 4 is 18.3 Å². The van der Waals surface area contributed by atoms with Gasteiger partial charge in [0.2, 0.25) is 5.75 Å². The first-order valence-electron chi connectivity index (χ1n) is 7.74. The Kier molecular flexibility index (Phi) is 6.36. The minimum absolute atomic E-state index is 0. The summed E-state index contributed by atoms with van der Waals surface area (Å²) in [5.74, 6) is 2.22. The van der Waals surface area contributed by atoms with E-state index in [4.69, 9.17) is 14.2 Å². The van der Waals surface area contributed by atoms with Crippen molar-refractivity contribution in [2.75, 3.05) is 40.0 Å². The summed E-state index contributed by atoms with van der Waals surface area (Å²) in [6.45, 7) is 3.79. The van der Waals surface area contributed by atoms with Crippen LogP contribution in [0.25, 0.3) is 0 Å². The number of amides is 1. The Labute approximate surface area is 142 Å². The van der Waals surface area contributed by atoms with Crippen molar-refractivity contribution < 1.29 is 19.0 Å². The van der Waals surface area contributed by atoms with Crippen LogP contribution in [0.4, 0.5) is 0 Å². The van der Waals surface area contributed by atoms with Gasteiger partial charge in [0.25, 0.3) is 5.91 Å². The molecule has 0 aliphatic carbocycles. The maximum atomic E-state index is 12.3. The number of rotatable bonds is 5. The molecule has 0 spiro atoms. The van der Waals surface area contributed by atoms with Gasteiger partial charge >= 0.3 is 0 Å². The van der Waals surface area contributed by atoms with Gasteiger partial charge in [-0.2, -0.15) is 0 Å². The van der Waals surface area contributed by atoms with Gasteiger partial charge in [-0.05, 0) is 44.0 Å². The molecule has 6 nitrogen and oxygen atoms in total. The molecule has 128 valence electrons. The highest BCUT2D eigenvalue weighted by atomic mass is 35.5. The topological polar surface area (TPSA) is 68.8 Å². The molecular weight excluding hydrogens is 320 g/mol.